The Morgan fingerprint density at radius 1 is 1.16 bits per heavy atom. The van der Waals surface area contributed by atoms with Crippen LogP contribution in [-0.4, -0.2) is 36.3 Å². The Bertz CT molecular complexity index is 680. The second-order valence-corrected chi connectivity index (χ2v) is 6.04. The van der Waals surface area contributed by atoms with Crippen LogP contribution in [0.4, 0.5) is 5.82 Å². The number of hydrogen-bond acceptors (Lipinski definition) is 5. The van der Waals surface area contributed by atoms with Gasteiger partial charge in [-0.2, -0.15) is 0 Å². The average Bonchev–Trinajstić information content (AvgIpc) is 2.61. The van der Waals surface area contributed by atoms with E-state index in [2.05, 4.69) is 34.3 Å². The quantitative estimate of drug-likeness (QED) is 0.645. The van der Waals surface area contributed by atoms with Crippen LogP contribution in [-0.2, 0) is 17.6 Å². The Hall–Kier alpha value is -1.85. The van der Waals surface area contributed by atoms with Gasteiger partial charge >= 0.3 is 0 Å². The van der Waals surface area contributed by atoms with E-state index in [0.29, 0.717) is 24.0 Å². The summed E-state index contributed by atoms with van der Waals surface area (Å²) in [6.07, 6.45) is 3.23. The van der Waals surface area contributed by atoms with Crippen LogP contribution in [0.3, 0.4) is 0 Å². The Labute approximate surface area is 154 Å². The SMILES string of the molecule is CCOCCc1ccc(OCCNc2ncnc(CC)c2Cl)c(C)c1. The summed E-state index contributed by atoms with van der Waals surface area (Å²) < 4.78 is 11.2. The maximum absolute atomic E-state index is 6.26. The van der Waals surface area contributed by atoms with Crippen molar-refractivity contribution in [3.8, 4) is 5.75 Å². The largest absolute Gasteiger partial charge is 0.491 e. The number of aryl methyl sites for hydroxylation is 2. The van der Waals surface area contributed by atoms with Crippen LogP contribution in [0.2, 0.25) is 5.02 Å². The Kier molecular flexibility index (Phi) is 7.95. The van der Waals surface area contributed by atoms with Crippen molar-refractivity contribution < 1.29 is 9.47 Å². The zero-order valence-corrected chi connectivity index (χ0v) is 15.9. The monoisotopic (exact) mass is 363 g/mol. The Morgan fingerprint density at radius 3 is 2.72 bits per heavy atom. The lowest BCUT2D eigenvalue weighted by Gasteiger charge is -2.12. The van der Waals surface area contributed by atoms with Crippen molar-refractivity contribution in [2.45, 2.75) is 33.6 Å². The summed E-state index contributed by atoms with van der Waals surface area (Å²) in [5, 5.41) is 3.78. The molecular weight excluding hydrogens is 338 g/mol. The van der Waals surface area contributed by atoms with Gasteiger partial charge in [-0.1, -0.05) is 30.7 Å². The first-order valence-corrected chi connectivity index (χ1v) is 9.06. The molecule has 1 heterocycles. The number of nitrogens with zero attached hydrogens (tertiary/aromatic N) is 2. The van der Waals surface area contributed by atoms with Crippen LogP contribution in [0.1, 0.15) is 30.7 Å². The average molecular weight is 364 g/mol. The highest BCUT2D eigenvalue weighted by Gasteiger charge is 2.07. The van der Waals surface area contributed by atoms with Crippen molar-refractivity contribution in [3.05, 3.63) is 46.4 Å². The topological polar surface area (TPSA) is 56.3 Å². The van der Waals surface area contributed by atoms with Crippen molar-refractivity contribution in [1.82, 2.24) is 9.97 Å². The van der Waals surface area contributed by atoms with E-state index in [9.17, 15) is 0 Å². The number of hydrogen-bond donors (Lipinski definition) is 1. The van der Waals surface area contributed by atoms with Gasteiger partial charge in [0.15, 0.2) is 0 Å². The molecule has 0 unspecified atom stereocenters. The summed E-state index contributed by atoms with van der Waals surface area (Å²) in [7, 11) is 0. The number of nitrogens with one attached hydrogen (secondary N) is 1. The highest BCUT2D eigenvalue weighted by molar-refractivity contribution is 6.33. The summed E-state index contributed by atoms with van der Waals surface area (Å²) >= 11 is 6.26. The fourth-order valence-corrected chi connectivity index (χ4v) is 2.77. The van der Waals surface area contributed by atoms with Gasteiger partial charge in [0.2, 0.25) is 0 Å². The molecule has 2 aromatic rings. The predicted octanol–water partition coefficient (Wildman–Crippen LogP) is 4.07. The number of benzene rings is 1. The summed E-state index contributed by atoms with van der Waals surface area (Å²) in [4.78, 5) is 8.33. The third kappa shape index (κ3) is 5.87. The number of aromatic nitrogens is 2. The molecule has 0 fully saturated rings. The second-order valence-electron chi connectivity index (χ2n) is 5.66. The summed E-state index contributed by atoms with van der Waals surface area (Å²) in [5.74, 6) is 1.55. The first-order chi connectivity index (χ1) is 12.2. The fraction of sp³-hybridized carbons (Fsp3) is 0.474. The standard InChI is InChI=1S/C19H26ClN3O2/c1-4-16-18(20)19(23-13-22-16)21-9-11-25-17-7-6-15(12-14(17)3)8-10-24-5-2/h6-7,12-13H,4-5,8-11H2,1-3H3,(H,21,22,23). The first-order valence-electron chi connectivity index (χ1n) is 8.69. The zero-order chi connectivity index (χ0) is 18.1. The molecule has 1 aromatic heterocycles. The van der Waals surface area contributed by atoms with Gasteiger partial charge in [-0.25, -0.2) is 9.97 Å². The van der Waals surface area contributed by atoms with Crippen molar-refractivity contribution in [2.75, 3.05) is 31.7 Å². The van der Waals surface area contributed by atoms with E-state index in [1.54, 1.807) is 0 Å². The highest BCUT2D eigenvalue weighted by Crippen LogP contribution is 2.22. The molecule has 0 atom stereocenters. The van der Waals surface area contributed by atoms with E-state index in [4.69, 9.17) is 21.1 Å². The lowest BCUT2D eigenvalue weighted by molar-refractivity contribution is 0.151. The minimum atomic E-state index is 0.529. The molecule has 136 valence electrons. The molecule has 0 aliphatic carbocycles. The van der Waals surface area contributed by atoms with Gasteiger partial charge in [0, 0.05) is 6.61 Å². The highest BCUT2D eigenvalue weighted by atomic mass is 35.5. The minimum absolute atomic E-state index is 0.529. The van der Waals surface area contributed by atoms with E-state index in [1.165, 1.54) is 11.9 Å². The van der Waals surface area contributed by atoms with E-state index < -0.39 is 0 Å². The van der Waals surface area contributed by atoms with Gasteiger partial charge in [0.25, 0.3) is 0 Å². The van der Waals surface area contributed by atoms with Crippen molar-refractivity contribution >= 4 is 17.4 Å². The van der Waals surface area contributed by atoms with Crippen molar-refractivity contribution in [1.29, 1.82) is 0 Å². The molecule has 0 bridgehead atoms. The third-order valence-corrected chi connectivity index (χ3v) is 4.22. The van der Waals surface area contributed by atoms with Crippen molar-refractivity contribution in [3.63, 3.8) is 0 Å². The smallest absolute Gasteiger partial charge is 0.148 e. The van der Waals surface area contributed by atoms with Gasteiger partial charge in [-0.3, -0.25) is 0 Å². The number of halogens is 1. The van der Waals surface area contributed by atoms with Gasteiger partial charge in [-0.15, -0.1) is 0 Å². The number of rotatable bonds is 10. The van der Waals surface area contributed by atoms with Crippen LogP contribution in [0, 0.1) is 6.92 Å². The van der Waals surface area contributed by atoms with Crippen LogP contribution >= 0.6 is 11.6 Å². The molecule has 0 aliphatic heterocycles. The zero-order valence-electron chi connectivity index (χ0n) is 15.1. The van der Waals surface area contributed by atoms with Crippen LogP contribution in [0.15, 0.2) is 24.5 Å². The molecule has 0 radical (unpaired) electrons. The van der Waals surface area contributed by atoms with Gasteiger partial charge < -0.3 is 14.8 Å². The maximum Gasteiger partial charge on any atom is 0.148 e. The van der Waals surface area contributed by atoms with Crippen LogP contribution in [0.5, 0.6) is 5.75 Å². The molecule has 5 nitrogen and oxygen atoms in total. The van der Waals surface area contributed by atoms with Crippen LogP contribution in [0.25, 0.3) is 0 Å². The predicted molar refractivity (Wildman–Crippen MR) is 102 cm³/mol. The minimum Gasteiger partial charge on any atom is -0.491 e. The Morgan fingerprint density at radius 2 is 2.00 bits per heavy atom. The number of ether oxygens (including phenoxy) is 2. The molecule has 25 heavy (non-hydrogen) atoms. The molecule has 0 aliphatic rings. The second kappa shape index (κ2) is 10.2. The van der Waals surface area contributed by atoms with Crippen molar-refractivity contribution in [2.24, 2.45) is 0 Å². The van der Waals surface area contributed by atoms with Gasteiger partial charge in [-0.05, 0) is 43.9 Å². The summed E-state index contributed by atoms with van der Waals surface area (Å²) in [5.41, 5.74) is 3.23. The molecule has 1 aromatic carbocycles. The lowest BCUT2D eigenvalue weighted by atomic mass is 10.1. The van der Waals surface area contributed by atoms with Gasteiger partial charge in [0.1, 0.15) is 29.5 Å². The van der Waals surface area contributed by atoms with Gasteiger partial charge in [0.05, 0.1) is 18.8 Å². The molecule has 2 rings (SSSR count). The molecule has 6 heteroatoms. The number of anilines is 1. The Balaban J connectivity index is 1.82. The molecule has 0 spiro atoms. The molecule has 1 N–H and O–H groups in total. The maximum atomic E-state index is 6.26. The van der Waals surface area contributed by atoms with E-state index >= 15 is 0 Å². The first kappa shape index (κ1) is 19.5. The normalized spacial score (nSPS) is 10.7. The molecule has 0 saturated carbocycles. The molecule has 0 amide bonds. The van der Waals surface area contributed by atoms with E-state index in [0.717, 1.165) is 43.1 Å². The molecule has 0 saturated heterocycles. The fourth-order valence-electron chi connectivity index (χ4n) is 2.47. The van der Waals surface area contributed by atoms with E-state index in [1.807, 2.05) is 19.9 Å². The third-order valence-electron chi connectivity index (χ3n) is 3.83. The lowest BCUT2D eigenvalue weighted by Crippen LogP contribution is -2.13. The van der Waals surface area contributed by atoms with E-state index in [-0.39, 0.29) is 0 Å². The molecular formula is C19H26ClN3O2. The van der Waals surface area contributed by atoms with Crippen LogP contribution < -0.4 is 10.1 Å². The summed E-state index contributed by atoms with van der Waals surface area (Å²) in [6, 6.07) is 6.25. The summed E-state index contributed by atoms with van der Waals surface area (Å²) in [6.45, 7) is 8.73.